The Balaban J connectivity index is 0.00000256. The number of hydrogen-bond acceptors (Lipinski definition) is 4. The fourth-order valence-corrected chi connectivity index (χ4v) is 1.35. The van der Waals surface area contributed by atoms with E-state index in [9.17, 15) is 4.79 Å². The second-order valence-electron chi connectivity index (χ2n) is 3.35. The van der Waals surface area contributed by atoms with Crippen LogP contribution < -0.4 is 15.2 Å². The Morgan fingerprint density at radius 3 is 2.12 bits per heavy atom. The van der Waals surface area contributed by atoms with Gasteiger partial charge < -0.3 is 20.3 Å². The van der Waals surface area contributed by atoms with Gasteiger partial charge in [-0.2, -0.15) is 0 Å². The number of benzene rings is 1. The molecule has 0 fully saturated rings. The molecule has 0 bridgehead atoms. The molecule has 3 N–H and O–H groups in total. The number of carboxylic acid groups (broad SMARTS) is 1. The van der Waals surface area contributed by atoms with Gasteiger partial charge in [0.15, 0.2) is 0 Å². The number of carbonyl (C=O) groups is 1. The summed E-state index contributed by atoms with van der Waals surface area (Å²) < 4.78 is 10.1. The molecule has 0 heterocycles. The molecular weight excluding hydrogens is 246 g/mol. The summed E-state index contributed by atoms with van der Waals surface area (Å²) in [7, 11) is 3.06. The molecule has 0 saturated heterocycles. The van der Waals surface area contributed by atoms with Gasteiger partial charge in [0, 0.05) is 12.1 Å². The van der Waals surface area contributed by atoms with Crippen molar-refractivity contribution in [2.24, 2.45) is 5.73 Å². The molecule has 1 atom stereocenters. The third-order valence-corrected chi connectivity index (χ3v) is 2.20. The lowest BCUT2D eigenvalue weighted by Crippen LogP contribution is -2.15. The largest absolute Gasteiger partial charge is 0.497 e. The zero-order valence-electron chi connectivity index (χ0n) is 9.67. The zero-order valence-corrected chi connectivity index (χ0v) is 10.5. The molecular formula is C11H16ClNO4. The molecule has 0 aliphatic rings. The summed E-state index contributed by atoms with van der Waals surface area (Å²) in [4.78, 5) is 10.5. The van der Waals surface area contributed by atoms with E-state index in [1.807, 2.05) is 0 Å². The number of halogens is 1. The maximum atomic E-state index is 10.5. The van der Waals surface area contributed by atoms with E-state index in [0.717, 1.165) is 0 Å². The predicted octanol–water partition coefficient (Wildman–Crippen LogP) is 1.60. The van der Waals surface area contributed by atoms with Gasteiger partial charge in [-0.3, -0.25) is 4.79 Å². The van der Waals surface area contributed by atoms with Crippen LogP contribution in [0.5, 0.6) is 11.5 Å². The molecule has 1 unspecified atom stereocenters. The van der Waals surface area contributed by atoms with Crippen molar-refractivity contribution in [3.8, 4) is 11.5 Å². The average molecular weight is 262 g/mol. The maximum absolute atomic E-state index is 10.5. The minimum Gasteiger partial charge on any atom is -0.497 e. The highest BCUT2D eigenvalue weighted by molar-refractivity contribution is 5.85. The second-order valence-corrected chi connectivity index (χ2v) is 3.35. The second kappa shape index (κ2) is 6.98. The van der Waals surface area contributed by atoms with Crippen molar-refractivity contribution < 1.29 is 19.4 Å². The number of ether oxygens (including phenoxy) is 2. The number of nitrogens with two attached hydrogens (primary N) is 1. The lowest BCUT2D eigenvalue weighted by Gasteiger charge is -2.12. The van der Waals surface area contributed by atoms with E-state index in [2.05, 4.69) is 0 Å². The van der Waals surface area contributed by atoms with Gasteiger partial charge in [-0.15, -0.1) is 12.4 Å². The highest BCUT2D eigenvalue weighted by Crippen LogP contribution is 2.26. The Morgan fingerprint density at radius 1 is 1.29 bits per heavy atom. The smallest absolute Gasteiger partial charge is 0.305 e. The third kappa shape index (κ3) is 4.50. The molecule has 0 spiro atoms. The molecule has 0 aromatic heterocycles. The highest BCUT2D eigenvalue weighted by atomic mass is 35.5. The molecule has 5 nitrogen and oxygen atoms in total. The number of aliphatic carboxylic acids is 1. The van der Waals surface area contributed by atoms with Crippen LogP contribution in [0.25, 0.3) is 0 Å². The van der Waals surface area contributed by atoms with Crippen molar-refractivity contribution in [2.45, 2.75) is 12.5 Å². The highest BCUT2D eigenvalue weighted by Gasteiger charge is 2.13. The van der Waals surface area contributed by atoms with Crippen LogP contribution >= 0.6 is 12.4 Å². The van der Waals surface area contributed by atoms with Crippen LogP contribution in [0.1, 0.15) is 18.0 Å². The topological polar surface area (TPSA) is 81.8 Å². The van der Waals surface area contributed by atoms with Crippen molar-refractivity contribution in [3.05, 3.63) is 23.8 Å². The Hall–Kier alpha value is -1.46. The molecule has 0 saturated carbocycles. The van der Waals surface area contributed by atoms with Crippen LogP contribution in [0.3, 0.4) is 0 Å². The molecule has 1 rings (SSSR count). The van der Waals surface area contributed by atoms with Crippen molar-refractivity contribution in [3.63, 3.8) is 0 Å². The number of methoxy groups -OCH3 is 2. The van der Waals surface area contributed by atoms with Crippen molar-refractivity contribution in [2.75, 3.05) is 14.2 Å². The van der Waals surface area contributed by atoms with E-state index >= 15 is 0 Å². The Kier molecular flexibility index (Phi) is 6.38. The van der Waals surface area contributed by atoms with E-state index in [4.69, 9.17) is 20.3 Å². The molecule has 1 aromatic rings. The van der Waals surface area contributed by atoms with Crippen molar-refractivity contribution >= 4 is 18.4 Å². The van der Waals surface area contributed by atoms with Gasteiger partial charge in [-0.05, 0) is 17.7 Å². The Labute approximate surface area is 106 Å². The standard InChI is InChI=1S/C11H15NO4.ClH/c1-15-8-3-7(4-9(5-8)16-2)10(12)6-11(13)14;/h3-5,10H,6,12H2,1-2H3,(H,13,14);1H. The zero-order chi connectivity index (χ0) is 12.1. The molecule has 96 valence electrons. The fraction of sp³-hybridized carbons (Fsp3) is 0.364. The van der Waals surface area contributed by atoms with Gasteiger partial charge in [-0.25, -0.2) is 0 Å². The van der Waals surface area contributed by atoms with Gasteiger partial charge in [0.2, 0.25) is 0 Å². The molecule has 0 radical (unpaired) electrons. The van der Waals surface area contributed by atoms with Crippen molar-refractivity contribution in [1.82, 2.24) is 0 Å². The van der Waals surface area contributed by atoms with Crippen LogP contribution in [0.15, 0.2) is 18.2 Å². The van der Waals surface area contributed by atoms with E-state index in [0.29, 0.717) is 17.1 Å². The monoisotopic (exact) mass is 261 g/mol. The van der Waals surface area contributed by atoms with Crippen LogP contribution in [-0.2, 0) is 4.79 Å². The normalized spacial score (nSPS) is 11.2. The third-order valence-electron chi connectivity index (χ3n) is 2.20. The van der Waals surface area contributed by atoms with Crippen molar-refractivity contribution in [1.29, 1.82) is 0 Å². The Bertz CT molecular complexity index is 361. The van der Waals surface area contributed by atoms with Crippen LogP contribution in [-0.4, -0.2) is 25.3 Å². The maximum Gasteiger partial charge on any atom is 0.305 e. The molecule has 0 amide bonds. The Morgan fingerprint density at radius 2 is 1.76 bits per heavy atom. The first-order valence-corrected chi connectivity index (χ1v) is 4.77. The molecule has 0 aliphatic heterocycles. The van der Waals surface area contributed by atoms with E-state index in [1.54, 1.807) is 18.2 Å². The average Bonchev–Trinajstić information content (AvgIpc) is 2.27. The first kappa shape index (κ1) is 15.5. The summed E-state index contributed by atoms with van der Waals surface area (Å²) in [6.45, 7) is 0. The van der Waals surface area contributed by atoms with Gasteiger partial charge in [0.05, 0.1) is 20.6 Å². The van der Waals surface area contributed by atoms with Gasteiger partial charge in [0.25, 0.3) is 0 Å². The van der Waals surface area contributed by atoms with Gasteiger partial charge in [-0.1, -0.05) is 0 Å². The number of carboxylic acids is 1. The van der Waals surface area contributed by atoms with E-state index in [-0.39, 0.29) is 18.8 Å². The van der Waals surface area contributed by atoms with Crippen LogP contribution in [0.4, 0.5) is 0 Å². The van der Waals surface area contributed by atoms with Gasteiger partial charge >= 0.3 is 5.97 Å². The molecule has 17 heavy (non-hydrogen) atoms. The SMILES string of the molecule is COc1cc(OC)cc(C(N)CC(=O)O)c1.Cl. The fourth-order valence-electron chi connectivity index (χ4n) is 1.35. The first-order chi connectivity index (χ1) is 7.56. The summed E-state index contributed by atoms with van der Waals surface area (Å²) in [5.74, 6) is 0.250. The molecule has 6 heteroatoms. The summed E-state index contributed by atoms with van der Waals surface area (Å²) >= 11 is 0. The van der Waals surface area contributed by atoms with Crippen LogP contribution in [0.2, 0.25) is 0 Å². The summed E-state index contributed by atoms with van der Waals surface area (Å²) in [5, 5.41) is 8.66. The number of rotatable bonds is 5. The quantitative estimate of drug-likeness (QED) is 0.841. The summed E-state index contributed by atoms with van der Waals surface area (Å²) in [5.41, 5.74) is 6.43. The van der Waals surface area contributed by atoms with E-state index in [1.165, 1.54) is 14.2 Å². The summed E-state index contributed by atoms with van der Waals surface area (Å²) in [6, 6.07) is 4.55. The minimum absolute atomic E-state index is 0. The molecule has 1 aromatic carbocycles. The van der Waals surface area contributed by atoms with E-state index < -0.39 is 12.0 Å². The minimum atomic E-state index is -0.936. The molecule has 0 aliphatic carbocycles. The lowest BCUT2D eigenvalue weighted by molar-refractivity contribution is -0.137. The van der Waals surface area contributed by atoms with Crippen LogP contribution in [0, 0.1) is 0 Å². The predicted molar refractivity (Wildman–Crippen MR) is 66.0 cm³/mol. The summed E-state index contributed by atoms with van der Waals surface area (Å²) in [6.07, 6.45) is -0.129. The lowest BCUT2D eigenvalue weighted by atomic mass is 10.0. The first-order valence-electron chi connectivity index (χ1n) is 4.77. The van der Waals surface area contributed by atoms with Gasteiger partial charge in [0.1, 0.15) is 11.5 Å². The number of hydrogen-bond donors (Lipinski definition) is 2.